The summed E-state index contributed by atoms with van der Waals surface area (Å²) in [4.78, 5) is 48.0. The molecule has 0 spiro atoms. The van der Waals surface area contributed by atoms with Crippen LogP contribution in [-0.2, 0) is 30.7 Å². The van der Waals surface area contributed by atoms with Crippen LogP contribution >= 0.6 is 22.7 Å². The Morgan fingerprint density at radius 2 is 1.91 bits per heavy atom. The van der Waals surface area contributed by atoms with Gasteiger partial charge in [0.25, 0.3) is 11.5 Å². The lowest BCUT2D eigenvalue weighted by Gasteiger charge is -2.16. The number of primary amides is 1. The van der Waals surface area contributed by atoms with Crippen molar-refractivity contribution in [3.05, 3.63) is 42.6 Å². The molecule has 1 aliphatic rings. The predicted octanol–water partition coefficient (Wildman–Crippen LogP) is 2.81. The van der Waals surface area contributed by atoms with Gasteiger partial charge in [0.2, 0.25) is 5.91 Å². The normalized spacial score (nSPS) is 13.5. The van der Waals surface area contributed by atoms with Gasteiger partial charge < -0.3 is 16.0 Å². The highest BCUT2D eigenvalue weighted by Crippen LogP contribution is 2.38. The summed E-state index contributed by atoms with van der Waals surface area (Å²) in [6, 6.07) is 0. The van der Waals surface area contributed by atoms with Gasteiger partial charge in [-0.1, -0.05) is 0 Å². The SMILES string of the molecule is Cc1sc2nc(CN(C)C)n(CC(=O)Nc3sc4c(c3C(N)=O)CCCC4)c(=O)c2c1C. The summed E-state index contributed by atoms with van der Waals surface area (Å²) in [6.07, 6.45) is 3.75. The predicted molar refractivity (Wildman–Crippen MR) is 129 cm³/mol. The Morgan fingerprint density at radius 1 is 1.19 bits per heavy atom. The maximum Gasteiger partial charge on any atom is 0.263 e. The number of hydrogen-bond donors (Lipinski definition) is 2. The molecule has 0 aromatic carbocycles. The van der Waals surface area contributed by atoms with Crippen molar-refractivity contribution >= 4 is 49.7 Å². The van der Waals surface area contributed by atoms with Crippen LogP contribution in [0.25, 0.3) is 10.2 Å². The molecule has 8 nitrogen and oxygen atoms in total. The Labute approximate surface area is 194 Å². The van der Waals surface area contributed by atoms with E-state index < -0.39 is 5.91 Å². The maximum atomic E-state index is 13.3. The van der Waals surface area contributed by atoms with Crippen molar-refractivity contribution in [1.82, 2.24) is 14.5 Å². The largest absolute Gasteiger partial charge is 0.365 e. The molecule has 3 heterocycles. The van der Waals surface area contributed by atoms with Crippen LogP contribution < -0.4 is 16.6 Å². The third kappa shape index (κ3) is 4.10. The fourth-order valence-electron chi connectivity index (χ4n) is 4.16. The number of aromatic nitrogens is 2. The van der Waals surface area contributed by atoms with Crippen molar-refractivity contribution < 1.29 is 9.59 Å². The molecule has 0 bridgehead atoms. The molecule has 0 fully saturated rings. The van der Waals surface area contributed by atoms with E-state index in [0.717, 1.165) is 46.6 Å². The molecule has 2 amide bonds. The number of fused-ring (bicyclic) bond motifs is 2. The number of aryl methyl sites for hydroxylation is 3. The molecule has 0 atom stereocenters. The highest BCUT2D eigenvalue weighted by molar-refractivity contribution is 7.18. The second-order valence-electron chi connectivity index (χ2n) is 8.45. The van der Waals surface area contributed by atoms with Gasteiger partial charge in [-0.15, -0.1) is 22.7 Å². The molecule has 0 saturated heterocycles. The molecule has 4 rings (SSSR count). The first-order valence-electron chi connectivity index (χ1n) is 10.6. The lowest BCUT2D eigenvalue weighted by molar-refractivity contribution is -0.116. The monoisotopic (exact) mass is 473 g/mol. The maximum absolute atomic E-state index is 13.3. The van der Waals surface area contributed by atoms with Gasteiger partial charge in [-0.25, -0.2) is 4.98 Å². The zero-order chi connectivity index (χ0) is 23.2. The number of nitrogens with two attached hydrogens (primary N) is 1. The van der Waals surface area contributed by atoms with Crippen molar-refractivity contribution in [2.24, 2.45) is 5.73 Å². The standard InChI is InChI=1S/C22H27N5O3S2/c1-11-12(2)31-20-17(11)22(30)27(15(24-20)9-26(3)4)10-16(28)25-21-18(19(23)29)13-7-5-6-8-14(13)32-21/h5-10H2,1-4H3,(H2,23,29)(H,25,28). The van der Waals surface area contributed by atoms with E-state index in [9.17, 15) is 14.4 Å². The van der Waals surface area contributed by atoms with E-state index in [2.05, 4.69) is 5.32 Å². The number of carbonyl (C=O) groups excluding carboxylic acids is 2. The highest BCUT2D eigenvalue weighted by Gasteiger charge is 2.26. The minimum Gasteiger partial charge on any atom is -0.365 e. The summed E-state index contributed by atoms with van der Waals surface area (Å²) in [5.74, 6) is -0.374. The lowest BCUT2D eigenvalue weighted by atomic mass is 9.95. The summed E-state index contributed by atoms with van der Waals surface area (Å²) >= 11 is 2.91. The number of rotatable bonds is 6. The number of carbonyl (C=O) groups is 2. The highest BCUT2D eigenvalue weighted by atomic mass is 32.1. The average Bonchev–Trinajstić information content (AvgIpc) is 3.21. The minimum atomic E-state index is -0.530. The third-order valence-corrected chi connectivity index (χ3v) is 8.11. The van der Waals surface area contributed by atoms with Crippen molar-refractivity contribution in [3.8, 4) is 0 Å². The zero-order valence-electron chi connectivity index (χ0n) is 18.7. The fraction of sp³-hybridized carbons (Fsp3) is 0.455. The lowest BCUT2D eigenvalue weighted by Crippen LogP contribution is -2.33. The zero-order valence-corrected chi connectivity index (χ0v) is 20.3. The first kappa shape index (κ1) is 22.6. The van der Waals surface area contributed by atoms with Crippen molar-refractivity contribution in [2.75, 3.05) is 19.4 Å². The van der Waals surface area contributed by atoms with E-state index in [1.807, 2.05) is 32.8 Å². The number of anilines is 1. The van der Waals surface area contributed by atoms with E-state index in [4.69, 9.17) is 10.7 Å². The van der Waals surface area contributed by atoms with Gasteiger partial charge in [0.15, 0.2) is 0 Å². The molecule has 3 aromatic heterocycles. The van der Waals surface area contributed by atoms with Gasteiger partial charge in [0.1, 0.15) is 22.2 Å². The van der Waals surface area contributed by atoms with Gasteiger partial charge in [0, 0.05) is 9.75 Å². The molecular formula is C22H27N5O3S2. The molecule has 1 aliphatic carbocycles. The van der Waals surface area contributed by atoms with Crippen LogP contribution in [0.5, 0.6) is 0 Å². The fourth-order valence-corrected chi connectivity index (χ4v) is 6.51. The van der Waals surface area contributed by atoms with Crippen LogP contribution in [0.1, 0.15) is 49.9 Å². The topological polar surface area (TPSA) is 110 Å². The van der Waals surface area contributed by atoms with Crippen molar-refractivity contribution in [1.29, 1.82) is 0 Å². The van der Waals surface area contributed by atoms with Gasteiger partial charge in [-0.05, 0) is 64.8 Å². The van der Waals surface area contributed by atoms with E-state index in [1.165, 1.54) is 27.2 Å². The van der Waals surface area contributed by atoms with Crippen LogP contribution in [0.2, 0.25) is 0 Å². The van der Waals surface area contributed by atoms with Crippen LogP contribution in [0.15, 0.2) is 4.79 Å². The first-order chi connectivity index (χ1) is 15.2. The summed E-state index contributed by atoms with van der Waals surface area (Å²) in [5.41, 5.74) is 7.70. The third-order valence-electron chi connectivity index (χ3n) is 5.80. The average molecular weight is 474 g/mol. The molecule has 32 heavy (non-hydrogen) atoms. The van der Waals surface area contributed by atoms with Crippen LogP contribution in [0, 0.1) is 13.8 Å². The van der Waals surface area contributed by atoms with E-state index in [1.54, 1.807) is 0 Å². The Kier molecular flexibility index (Phi) is 6.19. The number of amides is 2. The van der Waals surface area contributed by atoms with Crippen LogP contribution in [0.4, 0.5) is 5.00 Å². The molecule has 10 heteroatoms. The number of hydrogen-bond acceptors (Lipinski definition) is 7. The summed E-state index contributed by atoms with van der Waals surface area (Å²) in [6.45, 7) is 4.12. The van der Waals surface area contributed by atoms with E-state index >= 15 is 0 Å². The molecule has 3 N–H and O–H groups in total. The van der Waals surface area contributed by atoms with E-state index in [0.29, 0.717) is 33.2 Å². The Balaban J connectivity index is 1.71. The number of nitrogens with one attached hydrogen (secondary N) is 1. The first-order valence-corrected chi connectivity index (χ1v) is 12.2. The smallest absolute Gasteiger partial charge is 0.263 e. The summed E-state index contributed by atoms with van der Waals surface area (Å²) in [5, 5.41) is 3.90. The molecule has 0 radical (unpaired) electrons. The molecule has 170 valence electrons. The van der Waals surface area contributed by atoms with E-state index in [-0.39, 0.29) is 18.0 Å². The van der Waals surface area contributed by atoms with Crippen molar-refractivity contribution in [3.63, 3.8) is 0 Å². The molecule has 0 aliphatic heterocycles. The van der Waals surface area contributed by atoms with Gasteiger partial charge >= 0.3 is 0 Å². The molecule has 3 aromatic rings. The Hall–Kier alpha value is -2.56. The number of thiophene rings is 2. The van der Waals surface area contributed by atoms with Gasteiger partial charge in [0.05, 0.1) is 17.5 Å². The van der Waals surface area contributed by atoms with Crippen molar-refractivity contribution in [2.45, 2.75) is 52.6 Å². The minimum absolute atomic E-state index is 0.181. The molecule has 0 saturated carbocycles. The molecule has 0 unspecified atom stereocenters. The van der Waals surface area contributed by atoms with Gasteiger partial charge in [-0.2, -0.15) is 0 Å². The van der Waals surface area contributed by atoms with Gasteiger partial charge in [-0.3, -0.25) is 19.0 Å². The second kappa shape index (κ2) is 8.76. The van der Waals surface area contributed by atoms with Crippen LogP contribution in [0.3, 0.4) is 0 Å². The number of nitrogens with zero attached hydrogens (tertiary/aromatic N) is 3. The Bertz CT molecular complexity index is 1290. The molecular weight excluding hydrogens is 446 g/mol. The summed E-state index contributed by atoms with van der Waals surface area (Å²) in [7, 11) is 3.78. The van der Waals surface area contributed by atoms with Crippen LogP contribution in [-0.4, -0.2) is 40.4 Å². The Morgan fingerprint density at radius 3 is 2.59 bits per heavy atom. The quantitative estimate of drug-likeness (QED) is 0.572. The second-order valence-corrected chi connectivity index (χ2v) is 10.8. The summed E-state index contributed by atoms with van der Waals surface area (Å²) < 4.78 is 1.44.